The van der Waals surface area contributed by atoms with Crippen molar-refractivity contribution >= 4 is 171 Å². The SMILES string of the molecule is CN(C)c1ccc2cc3ccc(N(C)C)cc3[n+](CCCC(=O)NCCNC(=O)O[C@@H]3[C@H](O)[C@@H](COP(=O)(O)OP(=O)(O)NP(=O)([O-])O)O[C@H]3n3cnc4c(N)ncnc43)c2c1.CN(C)c1ccc2cc3ccc(N(C)C)cc3[n+](CCCC(=O)NCCNC(=O)O[C@H]3[C@@H](O)[C@H](n4cnc5c(N)ncnc54)O[C@@H]3COP(=O)(O)OP(=O)(O)NP(=O)([O-])O)c2c1. The lowest BCUT2D eigenvalue weighted by Gasteiger charge is -2.24. The number of nitrogens with one attached hydrogen (secondary N) is 6. The quantitative estimate of drug-likeness (QED) is 0.0111. The van der Waals surface area contributed by atoms with E-state index in [-0.39, 0.29) is 84.8 Å². The van der Waals surface area contributed by atoms with Gasteiger partial charge < -0.3 is 121 Å². The Morgan fingerprint density at radius 3 is 1.19 bits per heavy atom. The minimum absolute atomic E-state index is 0.00999. The number of ether oxygens (including phenoxy) is 4. The van der Waals surface area contributed by atoms with E-state index in [1.54, 1.807) is 0 Å². The maximum absolute atomic E-state index is 13.0. The number of pyridine rings is 2. The van der Waals surface area contributed by atoms with Crippen LogP contribution in [0.25, 0.3) is 65.9 Å². The van der Waals surface area contributed by atoms with Gasteiger partial charge in [-0.1, -0.05) is 0 Å². The zero-order valence-corrected chi connectivity index (χ0v) is 72.7. The number of imidazole rings is 2. The molecule has 8 heterocycles. The summed E-state index contributed by atoms with van der Waals surface area (Å²) in [4.78, 5) is 164. The average Bonchev–Trinajstić information content (AvgIpc) is 1.63. The van der Waals surface area contributed by atoms with Gasteiger partial charge in [-0.05, 0) is 60.7 Å². The molecule has 4 aromatic carbocycles. The second-order valence-corrected chi connectivity index (χ2v) is 38.4. The van der Waals surface area contributed by atoms with E-state index in [1.165, 1.54) is 21.8 Å². The van der Waals surface area contributed by atoms with Crippen LogP contribution in [-0.2, 0) is 86.7 Å². The Hall–Kier alpha value is -9.74. The van der Waals surface area contributed by atoms with E-state index in [0.29, 0.717) is 25.9 Å². The van der Waals surface area contributed by atoms with Crippen molar-refractivity contribution in [2.24, 2.45) is 0 Å². The van der Waals surface area contributed by atoms with E-state index in [1.807, 2.05) is 76.0 Å². The molecule has 2 fully saturated rings. The van der Waals surface area contributed by atoms with Gasteiger partial charge in [0.2, 0.25) is 49.4 Å². The summed E-state index contributed by atoms with van der Waals surface area (Å²) in [5.41, 5.74) is 20.3. The summed E-state index contributed by atoms with van der Waals surface area (Å²) in [6, 6.07) is 29.3. The van der Waals surface area contributed by atoms with Gasteiger partial charge in [-0.25, -0.2) is 57.8 Å². The number of phosphoric acid groups is 2. The highest BCUT2D eigenvalue weighted by atomic mass is 31.3. The Bertz CT molecular complexity index is 5800. The van der Waals surface area contributed by atoms with Crippen LogP contribution in [0.2, 0.25) is 0 Å². The molecule has 18 N–H and O–H groups in total. The molecule has 672 valence electrons. The molecule has 0 radical (unpaired) electrons. The number of nitrogens with zero attached hydrogens (tertiary/aromatic N) is 14. The highest BCUT2D eigenvalue weighted by Crippen LogP contribution is 2.62. The molecule has 2 saturated heterocycles. The summed E-state index contributed by atoms with van der Waals surface area (Å²) in [6.45, 7) is -1.27. The number of nitrogens with two attached hydrogens (primary N) is 2. The van der Waals surface area contributed by atoms with Gasteiger partial charge in [-0.2, -0.15) is 27.5 Å². The fourth-order valence-electron chi connectivity index (χ4n) is 13.3. The molecule has 124 heavy (non-hydrogen) atoms. The Balaban J connectivity index is 0.000000241. The van der Waals surface area contributed by atoms with Crippen LogP contribution in [-0.4, -0.2) is 235 Å². The van der Waals surface area contributed by atoms with E-state index < -0.39 is 121 Å². The normalized spacial score (nSPS) is 20.7. The van der Waals surface area contributed by atoms with Crippen LogP contribution in [0.3, 0.4) is 0 Å². The first kappa shape index (κ1) is 94.9. The number of fused-ring (bicyclic) bond motifs is 6. The Kier molecular flexibility index (Phi) is 30.2. The molecule has 4 amide bonds. The Labute approximate surface area is 704 Å². The fourth-order valence-corrected chi connectivity index (χ4v) is 20.1. The molecule has 14 atom stereocenters. The highest BCUT2D eigenvalue weighted by Gasteiger charge is 2.51. The van der Waals surface area contributed by atoms with E-state index in [0.717, 1.165) is 88.7 Å². The molecule has 2 aliphatic heterocycles. The Morgan fingerprint density at radius 1 is 0.476 bits per heavy atom. The molecular weight excluding hydrogens is 1760 g/mol. The third kappa shape index (κ3) is 24.5. The van der Waals surface area contributed by atoms with Crippen molar-refractivity contribution in [3.05, 3.63) is 110 Å². The van der Waals surface area contributed by atoms with Crippen molar-refractivity contribution in [3.8, 4) is 0 Å². The minimum atomic E-state index is -5.67. The number of hydrogen-bond acceptors (Lipinski definition) is 34. The number of aryl methyl sites for hydroxylation is 2. The standard InChI is InChI=1S/2C34H46N11O14P3/c1-42(2)22-9-7-20-14-21-8-10-23(43(3)4)16-25(21)44(24(20)15-22)13-5-6-27(46)36-11-12-37-34(48)58-30-26(17-56-62(54,55)59-61(52,53)41-60(49,50)51)57-33(29(30)47)45-19-40-28-31(35)38-18-39-32(28)45;1-42(2)22-9-7-20-14-21-8-10-23(43(3)4)16-25(21)44(24(20)15-22)13-5-6-27(46)36-11-12-37-34(48)58-30-29(47)26(17-56-62(54,55)59-61(52,53)41-60(49,50)51)57-33(30)45-19-40-28-31(35)38-18-39-32(28)45/h2*7-10,14-16,18-19,26,29-30,33,47H,5-6,11-13,17H2,1-4H3,(H8-,35,36,37,38,39,41,46,48,49,50,51,52,53,54,55)/t2*26-,29-,30-,33-/m11/s1. The van der Waals surface area contributed by atoms with Crippen molar-refractivity contribution in [1.82, 2.24) is 70.0 Å². The molecule has 10 aromatic rings. The van der Waals surface area contributed by atoms with Crippen LogP contribution in [0, 0.1) is 0 Å². The lowest BCUT2D eigenvalue weighted by Crippen LogP contribution is -2.42. The van der Waals surface area contributed by atoms with Gasteiger partial charge in [-0.3, -0.25) is 36.9 Å². The number of carbonyl (C=O) groups is 4. The van der Waals surface area contributed by atoms with Crippen LogP contribution in [0.1, 0.15) is 38.1 Å². The second kappa shape index (κ2) is 39.4. The van der Waals surface area contributed by atoms with Crippen LogP contribution in [0.4, 0.5) is 44.0 Å². The van der Waals surface area contributed by atoms with Gasteiger partial charge in [-0.15, -0.1) is 0 Å². The predicted molar refractivity (Wildman–Crippen MR) is 440 cm³/mol. The molecule has 56 heteroatoms. The molecule has 0 bridgehead atoms. The number of carbonyl (C=O) groups excluding carboxylic acids is 4. The predicted octanol–water partition coefficient (Wildman–Crippen LogP) is 0.737. The van der Waals surface area contributed by atoms with Gasteiger partial charge in [0.05, 0.1) is 25.9 Å². The molecule has 50 nitrogen and oxygen atoms in total. The first-order valence-electron chi connectivity index (χ1n) is 37.4. The number of anilines is 6. The van der Waals surface area contributed by atoms with E-state index in [9.17, 15) is 86.1 Å². The molecule has 0 saturated carbocycles. The highest BCUT2D eigenvalue weighted by molar-refractivity contribution is 7.71. The lowest BCUT2D eigenvalue weighted by atomic mass is 10.1. The third-order valence-corrected chi connectivity index (χ3v) is 27.5. The van der Waals surface area contributed by atoms with Gasteiger partial charge in [0.15, 0.2) is 47.6 Å². The maximum atomic E-state index is 13.0. The number of nitrogen functional groups attached to an aromatic ring is 2. The topological polar surface area (TPSA) is 685 Å². The number of hydrogen-bond donors (Lipinski definition) is 16. The largest absolute Gasteiger partial charge is 0.766 e. The number of aliphatic hydroxyl groups excluding tert-OH is 2. The van der Waals surface area contributed by atoms with Crippen LogP contribution >= 0.6 is 46.6 Å². The maximum Gasteiger partial charge on any atom is 0.480 e. The number of benzene rings is 4. The number of amides is 4. The van der Waals surface area contributed by atoms with E-state index >= 15 is 0 Å². The Morgan fingerprint density at radius 2 is 0.823 bits per heavy atom. The van der Waals surface area contributed by atoms with Crippen LogP contribution < -0.4 is 81.0 Å². The van der Waals surface area contributed by atoms with Crippen molar-refractivity contribution in [1.29, 1.82) is 0 Å². The fraction of sp³-hybridized carbons (Fsp3) is 0.412. The molecule has 0 aliphatic carbocycles. The number of aliphatic hydroxyl groups is 2. The van der Waals surface area contributed by atoms with Crippen molar-refractivity contribution in [3.63, 3.8) is 0 Å². The summed E-state index contributed by atoms with van der Waals surface area (Å²) in [6.07, 6.45) is -9.17. The first-order valence-corrected chi connectivity index (χ1v) is 46.7. The van der Waals surface area contributed by atoms with Gasteiger partial charge in [0, 0.05) is 177 Å². The van der Waals surface area contributed by atoms with Crippen LogP contribution in [0.5, 0.6) is 0 Å². The van der Waals surface area contributed by atoms with Crippen molar-refractivity contribution in [2.75, 3.05) is 127 Å². The van der Waals surface area contributed by atoms with Gasteiger partial charge in [0.1, 0.15) is 61.2 Å². The van der Waals surface area contributed by atoms with E-state index in [4.69, 9.17) is 44.7 Å². The smallest absolute Gasteiger partial charge is 0.480 e. The number of aromatic nitrogens is 10. The first-order chi connectivity index (χ1) is 58.2. The van der Waals surface area contributed by atoms with Gasteiger partial charge in [0.25, 0.3) is 0 Å². The zero-order valence-electron chi connectivity index (χ0n) is 67.3. The summed E-state index contributed by atoms with van der Waals surface area (Å²) in [5, 5.41) is 37.1. The second-order valence-electron chi connectivity index (χ2n) is 28.9. The zero-order chi connectivity index (χ0) is 90.3. The third-order valence-electron chi connectivity index (χ3n) is 19.1. The minimum Gasteiger partial charge on any atom is -0.766 e. The lowest BCUT2D eigenvalue weighted by molar-refractivity contribution is -0.645. The molecular formula is C68H92N22O28P6. The molecule has 6 aromatic heterocycles. The average molecular weight is 1850 g/mol. The van der Waals surface area contributed by atoms with E-state index in [2.05, 4.69) is 158 Å². The number of alkyl carbamates (subject to hydrolysis) is 2. The molecule has 12 rings (SSSR count). The van der Waals surface area contributed by atoms with Crippen molar-refractivity contribution in [2.45, 2.75) is 87.9 Å². The number of rotatable bonds is 36. The number of phosphoric ester groups is 2. The summed E-state index contributed by atoms with van der Waals surface area (Å²) in [7, 11) is -18.1. The molecule has 0 spiro atoms. The van der Waals surface area contributed by atoms with Gasteiger partial charge >= 0.3 is 43.3 Å². The molecule has 6 unspecified atom stereocenters. The van der Waals surface area contributed by atoms with Crippen molar-refractivity contribution < 1.29 is 142 Å². The summed E-state index contributed by atoms with van der Waals surface area (Å²) < 4.78 is 117. The summed E-state index contributed by atoms with van der Waals surface area (Å²) >= 11 is 0. The summed E-state index contributed by atoms with van der Waals surface area (Å²) in [5.74, 6) is -0.574. The molecule has 2 aliphatic rings. The van der Waals surface area contributed by atoms with Crippen LogP contribution in [0.15, 0.2) is 110 Å². The monoisotopic (exact) mass is 1850 g/mol.